The van der Waals surface area contributed by atoms with Crippen LogP contribution in [0.1, 0.15) is 17.2 Å². The van der Waals surface area contributed by atoms with Gasteiger partial charge in [0, 0.05) is 30.5 Å². The smallest absolute Gasteiger partial charge is 0.0914 e. The molecule has 1 atom stereocenters. The number of halogens is 1. The summed E-state index contributed by atoms with van der Waals surface area (Å²) in [6.07, 6.45) is 3.12. The van der Waals surface area contributed by atoms with Crippen LogP contribution in [0.4, 0.5) is 0 Å². The molecule has 0 saturated carbocycles. The van der Waals surface area contributed by atoms with E-state index in [-0.39, 0.29) is 0 Å². The van der Waals surface area contributed by atoms with Crippen molar-refractivity contribution < 1.29 is 5.11 Å². The molecule has 5 heteroatoms. The molecule has 0 radical (unpaired) electrons. The number of nitrogens with zero attached hydrogens (tertiary/aromatic N) is 2. The fraction of sp³-hybridized carbons (Fsp3) is 0.167. The van der Waals surface area contributed by atoms with Crippen molar-refractivity contribution in [1.82, 2.24) is 15.1 Å². The SMILES string of the molecule is OC(CNCc1ccc(-n2cccn2)cc1)c1ccc(Cl)cc1. The Labute approximate surface area is 140 Å². The first kappa shape index (κ1) is 15.7. The predicted octanol–water partition coefficient (Wildman–Crippen LogP) is 3.35. The number of hydrogen-bond acceptors (Lipinski definition) is 3. The summed E-state index contributed by atoms with van der Waals surface area (Å²) in [5.74, 6) is 0. The maximum Gasteiger partial charge on any atom is 0.0914 e. The monoisotopic (exact) mass is 327 g/mol. The van der Waals surface area contributed by atoms with E-state index < -0.39 is 6.10 Å². The van der Waals surface area contributed by atoms with E-state index in [4.69, 9.17) is 11.6 Å². The molecule has 0 bridgehead atoms. The summed E-state index contributed by atoms with van der Waals surface area (Å²) in [5, 5.41) is 18.3. The van der Waals surface area contributed by atoms with Crippen LogP contribution in [0.3, 0.4) is 0 Å². The highest BCUT2D eigenvalue weighted by Gasteiger charge is 2.06. The van der Waals surface area contributed by atoms with Crippen LogP contribution in [0.15, 0.2) is 67.0 Å². The van der Waals surface area contributed by atoms with Crippen molar-refractivity contribution in [1.29, 1.82) is 0 Å². The first-order chi connectivity index (χ1) is 11.2. The zero-order chi connectivity index (χ0) is 16.1. The van der Waals surface area contributed by atoms with E-state index in [2.05, 4.69) is 22.5 Å². The second kappa shape index (κ2) is 7.42. The molecule has 2 N–H and O–H groups in total. The molecule has 23 heavy (non-hydrogen) atoms. The van der Waals surface area contributed by atoms with Crippen LogP contribution < -0.4 is 5.32 Å². The van der Waals surface area contributed by atoms with Crippen molar-refractivity contribution in [2.24, 2.45) is 0 Å². The fourth-order valence-corrected chi connectivity index (χ4v) is 2.47. The molecular formula is C18H18ClN3O. The molecule has 0 spiro atoms. The Kier molecular flexibility index (Phi) is 5.08. The Morgan fingerprint density at radius 3 is 2.48 bits per heavy atom. The Balaban J connectivity index is 1.51. The Bertz CT molecular complexity index is 724. The standard InChI is InChI=1S/C18H18ClN3O/c19-16-6-4-15(5-7-16)18(23)13-20-12-14-2-8-17(9-3-14)22-11-1-10-21-22/h1-11,18,20,23H,12-13H2. The van der Waals surface area contributed by atoms with Gasteiger partial charge < -0.3 is 10.4 Å². The second-order valence-corrected chi connectivity index (χ2v) is 5.75. The number of aromatic nitrogens is 2. The summed E-state index contributed by atoms with van der Waals surface area (Å²) in [6, 6.07) is 17.3. The lowest BCUT2D eigenvalue weighted by atomic mass is 10.1. The van der Waals surface area contributed by atoms with E-state index in [0.29, 0.717) is 18.1 Å². The van der Waals surface area contributed by atoms with E-state index in [9.17, 15) is 5.11 Å². The van der Waals surface area contributed by atoms with Gasteiger partial charge in [-0.25, -0.2) is 4.68 Å². The molecular weight excluding hydrogens is 310 g/mol. The third kappa shape index (κ3) is 4.20. The number of hydrogen-bond donors (Lipinski definition) is 2. The second-order valence-electron chi connectivity index (χ2n) is 5.32. The van der Waals surface area contributed by atoms with Gasteiger partial charge in [0.15, 0.2) is 0 Å². The van der Waals surface area contributed by atoms with Crippen LogP contribution >= 0.6 is 11.6 Å². The molecule has 1 heterocycles. The Hall–Kier alpha value is -2.14. The lowest BCUT2D eigenvalue weighted by Gasteiger charge is -2.12. The van der Waals surface area contributed by atoms with Crippen molar-refractivity contribution in [3.05, 3.63) is 83.1 Å². The molecule has 118 valence electrons. The third-order valence-corrected chi connectivity index (χ3v) is 3.88. The van der Waals surface area contributed by atoms with Crippen molar-refractivity contribution in [3.63, 3.8) is 0 Å². The van der Waals surface area contributed by atoms with Crippen LogP contribution in [0.5, 0.6) is 0 Å². The van der Waals surface area contributed by atoms with E-state index in [1.165, 1.54) is 0 Å². The van der Waals surface area contributed by atoms with Gasteiger partial charge in [0.05, 0.1) is 11.8 Å². The van der Waals surface area contributed by atoms with Crippen molar-refractivity contribution >= 4 is 11.6 Å². The minimum Gasteiger partial charge on any atom is -0.387 e. The summed E-state index contributed by atoms with van der Waals surface area (Å²) in [6.45, 7) is 1.19. The highest BCUT2D eigenvalue weighted by atomic mass is 35.5. The number of benzene rings is 2. The maximum atomic E-state index is 10.1. The van der Waals surface area contributed by atoms with E-state index in [1.807, 2.05) is 41.2 Å². The number of aliphatic hydroxyl groups excluding tert-OH is 1. The lowest BCUT2D eigenvalue weighted by molar-refractivity contribution is 0.174. The number of nitrogens with one attached hydrogen (secondary N) is 1. The molecule has 0 amide bonds. The van der Waals surface area contributed by atoms with Crippen LogP contribution in [0.25, 0.3) is 5.69 Å². The molecule has 1 aromatic heterocycles. The molecule has 3 rings (SSSR count). The van der Waals surface area contributed by atoms with Gasteiger partial charge in [0.25, 0.3) is 0 Å². The number of aliphatic hydroxyl groups is 1. The van der Waals surface area contributed by atoms with Gasteiger partial charge in [-0.15, -0.1) is 0 Å². The highest BCUT2D eigenvalue weighted by Crippen LogP contribution is 2.16. The molecule has 1 unspecified atom stereocenters. The minimum atomic E-state index is -0.546. The summed E-state index contributed by atoms with van der Waals surface area (Å²) in [4.78, 5) is 0. The van der Waals surface area contributed by atoms with Gasteiger partial charge in [0.1, 0.15) is 0 Å². The Morgan fingerprint density at radius 1 is 1.09 bits per heavy atom. The van der Waals surface area contributed by atoms with Crippen LogP contribution in [0.2, 0.25) is 5.02 Å². The van der Waals surface area contributed by atoms with E-state index in [0.717, 1.165) is 16.8 Å². The van der Waals surface area contributed by atoms with Crippen LogP contribution in [-0.4, -0.2) is 21.4 Å². The van der Waals surface area contributed by atoms with Gasteiger partial charge in [0.2, 0.25) is 0 Å². The Morgan fingerprint density at radius 2 is 1.83 bits per heavy atom. The normalized spacial score (nSPS) is 12.3. The van der Waals surface area contributed by atoms with Gasteiger partial charge in [-0.1, -0.05) is 35.9 Å². The summed E-state index contributed by atoms with van der Waals surface area (Å²) >= 11 is 5.85. The minimum absolute atomic E-state index is 0.489. The van der Waals surface area contributed by atoms with Gasteiger partial charge in [-0.2, -0.15) is 5.10 Å². The topological polar surface area (TPSA) is 50.1 Å². The molecule has 0 aliphatic heterocycles. The van der Waals surface area contributed by atoms with Crippen molar-refractivity contribution in [3.8, 4) is 5.69 Å². The number of rotatable bonds is 6. The molecule has 4 nitrogen and oxygen atoms in total. The van der Waals surface area contributed by atoms with Crippen molar-refractivity contribution in [2.45, 2.75) is 12.6 Å². The molecule has 3 aromatic rings. The summed E-state index contributed by atoms with van der Waals surface area (Å²) in [5.41, 5.74) is 3.04. The van der Waals surface area contributed by atoms with Crippen LogP contribution in [-0.2, 0) is 6.54 Å². The van der Waals surface area contributed by atoms with Crippen molar-refractivity contribution in [2.75, 3.05) is 6.54 Å². The quantitative estimate of drug-likeness (QED) is 0.730. The fourth-order valence-electron chi connectivity index (χ4n) is 2.34. The van der Waals surface area contributed by atoms with Gasteiger partial charge >= 0.3 is 0 Å². The van der Waals surface area contributed by atoms with E-state index in [1.54, 1.807) is 18.3 Å². The highest BCUT2D eigenvalue weighted by molar-refractivity contribution is 6.30. The molecule has 2 aromatic carbocycles. The summed E-state index contributed by atoms with van der Waals surface area (Å²) < 4.78 is 1.82. The third-order valence-electron chi connectivity index (χ3n) is 3.63. The zero-order valence-electron chi connectivity index (χ0n) is 12.6. The molecule has 0 aliphatic rings. The predicted molar refractivity (Wildman–Crippen MR) is 91.7 cm³/mol. The van der Waals surface area contributed by atoms with Gasteiger partial charge in [-0.3, -0.25) is 0 Å². The zero-order valence-corrected chi connectivity index (χ0v) is 13.3. The first-order valence-electron chi connectivity index (χ1n) is 7.45. The molecule has 0 aliphatic carbocycles. The largest absolute Gasteiger partial charge is 0.387 e. The maximum absolute atomic E-state index is 10.1. The summed E-state index contributed by atoms with van der Waals surface area (Å²) in [7, 11) is 0. The first-order valence-corrected chi connectivity index (χ1v) is 7.83. The lowest BCUT2D eigenvalue weighted by Crippen LogP contribution is -2.21. The molecule has 0 fully saturated rings. The van der Waals surface area contributed by atoms with Crippen LogP contribution in [0, 0.1) is 0 Å². The average molecular weight is 328 g/mol. The van der Waals surface area contributed by atoms with Gasteiger partial charge in [-0.05, 0) is 41.5 Å². The average Bonchev–Trinajstić information content (AvgIpc) is 3.10. The van der Waals surface area contributed by atoms with E-state index >= 15 is 0 Å². The molecule has 0 saturated heterocycles.